The van der Waals surface area contributed by atoms with Gasteiger partial charge in [-0.15, -0.1) is 12.6 Å². The second kappa shape index (κ2) is 5.04. The van der Waals surface area contributed by atoms with Crippen molar-refractivity contribution in [2.45, 2.75) is 17.7 Å². The highest BCUT2D eigenvalue weighted by molar-refractivity contribution is 7.80. The summed E-state index contributed by atoms with van der Waals surface area (Å²) >= 11 is 4.28. The Morgan fingerprint density at radius 1 is 0.867 bits per heavy atom. The van der Waals surface area contributed by atoms with Crippen LogP contribution in [0.1, 0.15) is 11.1 Å². The number of thiol groups is 1. The third-order valence-electron chi connectivity index (χ3n) is 2.37. The minimum atomic E-state index is 0.917. The lowest BCUT2D eigenvalue weighted by atomic mass is 10.0. The highest BCUT2D eigenvalue weighted by Gasteiger charge is 1.96. The van der Waals surface area contributed by atoms with Gasteiger partial charge in [-0.25, -0.2) is 0 Å². The highest BCUT2D eigenvalue weighted by Crippen LogP contribution is 2.10. The smallest absolute Gasteiger partial charge is 0.0122 e. The Kier molecular flexibility index (Phi) is 3.46. The summed E-state index contributed by atoms with van der Waals surface area (Å²) in [5.41, 5.74) is 2.60. The minimum absolute atomic E-state index is 0.917. The number of hydrogen-bond acceptors (Lipinski definition) is 1. The van der Waals surface area contributed by atoms with Crippen molar-refractivity contribution in [2.75, 3.05) is 0 Å². The lowest BCUT2D eigenvalue weighted by Crippen LogP contribution is -1.90. The number of hydrogen-bond donors (Lipinski definition) is 1. The van der Waals surface area contributed by atoms with Crippen LogP contribution < -0.4 is 0 Å². The van der Waals surface area contributed by atoms with Crippen molar-refractivity contribution in [1.82, 2.24) is 0 Å². The van der Waals surface area contributed by atoms with E-state index >= 15 is 0 Å². The zero-order valence-electron chi connectivity index (χ0n) is 8.48. The number of rotatable bonds is 3. The molecule has 1 radical (unpaired) electrons. The van der Waals surface area contributed by atoms with E-state index < -0.39 is 0 Å². The molecule has 0 N–H and O–H groups in total. The van der Waals surface area contributed by atoms with Crippen LogP contribution in [0.3, 0.4) is 0 Å². The van der Waals surface area contributed by atoms with Crippen LogP contribution >= 0.6 is 12.6 Å². The highest BCUT2D eigenvalue weighted by atomic mass is 32.1. The van der Waals surface area contributed by atoms with E-state index in [1.165, 1.54) is 11.1 Å². The Morgan fingerprint density at radius 2 is 1.67 bits per heavy atom. The Morgan fingerprint density at radius 3 is 2.40 bits per heavy atom. The first kappa shape index (κ1) is 10.3. The van der Waals surface area contributed by atoms with Crippen LogP contribution in [0.5, 0.6) is 0 Å². The predicted octanol–water partition coefficient (Wildman–Crippen LogP) is 3.56. The van der Waals surface area contributed by atoms with Gasteiger partial charge in [0.15, 0.2) is 0 Å². The van der Waals surface area contributed by atoms with E-state index in [9.17, 15) is 0 Å². The summed E-state index contributed by atoms with van der Waals surface area (Å²) in [5.74, 6) is 0. The van der Waals surface area contributed by atoms with Gasteiger partial charge in [0.2, 0.25) is 0 Å². The van der Waals surface area contributed by atoms with Gasteiger partial charge in [-0.1, -0.05) is 42.5 Å². The molecule has 75 valence electrons. The maximum Gasteiger partial charge on any atom is 0.0122 e. The molecule has 0 fully saturated rings. The van der Waals surface area contributed by atoms with Crippen molar-refractivity contribution in [3.63, 3.8) is 0 Å². The molecule has 0 saturated carbocycles. The van der Waals surface area contributed by atoms with E-state index in [0.29, 0.717) is 0 Å². The van der Waals surface area contributed by atoms with Gasteiger partial charge in [-0.05, 0) is 36.1 Å². The average molecular weight is 213 g/mol. The topological polar surface area (TPSA) is 0 Å². The standard InChI is InChI=1S/C14H13S/c15-14-8-4-7-13(11-14)10-9-12-5-2-1-3-6-12/h1-8,15H,9-10H2. The van der Waals surface area contributed by atoms with Gasteiger partial charge in [-0.3, -0.25) is 0 Å². The fourth-order valence-corrected chi connectivity index (χ4v) is 1.80. The molecule has 2 aromatic rings. The molecule has 2 rings (SSSR count). The van der Waals surface area contributed by atoms with Crippen molar-refractivity contribution < 1.29 is 0 Å². The Labute approximate surface area is 96.4 Å². The molecule has 0 heterocycles. The fraction of sp³-hybridized carbons (Fsp3) is 0.143. The van der Waals surface area contributed by atoms with Crippen LogP contribution in [-0.2, 0) is 12.8 Å². The average Bonchev–Trinajstić information content (AvgIpc) is 2.28. The normalized spacial score (nSPS) is 10.2. The van der Waals surface area contributed by atoms with E-state index in [-0.39, 0.29) is 0 Å². The van der Waals surface area contributed by atoms with Gasteiger partial charge in [-0.2, -0.15) is 0 Å². The molecule has 0 saturated heterocycles. The quantitative estimate of drug-likeness (QED) is 0.740. The minimum Gasteiger partial charge on any atom is -0.143 e. The molecular weight excluding hydrogens is 200 g/mol. The molecule has 0 spiro atoms. The van der Waals surface area contributed by atoms with Crippen LogP contribution in [0.15, 0.2) is 53.4 Å². The van der Waals surface area contributed by atoms with E-state index in [0.717, 1.165) is 17.7 Å². The van der Waals surface area contributed by atoms with Crippen LogP contribution in [0.4, 0.5) is 0 Å². The number of benzene rings is 2. The molecule has 0 aliphatic heterocycles. The summed E-state index contributed by atoms with van der Waals surface area (Å²) in [6.07, 6.45) is 2.09. The van der Waals surface area contributed by atoms with E-state index in [1.54, 1.807) is 0 Å². The Balaban J connectivity index is 1.99. The monoisotopic (exact) mass is 213 g/mol. The molecule has 0 aliphatic carbocycles. The summed E-state index contributed by atoms with van der Waals surface area (Å²) in [7, 11) is 0. The van der Waals surface area contributed by atoms with Gasteiger partial charge in [0.1, 0.15) is 0 Å². The van der Waals surface area contributed by atoms with Gasteiger partial charge in [0.05, 0.1) is 0 Å². The SMILES string of the molecule is Sc1[c]c(CCc2ccccc2)ccc1. The summed E-state index contributed by atoms with van der Waals surface area (Å²) in [4.78, 5) is 0.917. The van der Waals surface area contributed by atoms with Crippen molar-refractivity contribution >= 4 is 12.6 Å². The lowest BCUT2D eigenvalue weighted by Gasteiger charge is -2.02. The summed E-state index contributed by atoms with van der Waals surface area (Å²) in [5, 5.41) is 0. The summed E-state index contributed by atoms with van der Waals surface area (Å²) < 4.78 is 0. The first-order chi connectivity index (χ1) is 7.34. The Hall–Kier alpha value is -1.21. The van der Waals surface area contributed by atoms with Crippen molar-refractivity contribution in [1.29, 1.82) is 0 Å². The van der Waals surface area contributed by atoms with E-state index in [2.05, 4.69) is 49.0 Å². The predicted molar refractivity (Wildman–Crippen MR) is 66.4 cm³/mol. The first-order valence-corrected chi connectivity index (χ1v) is 5.53. The van der Waals surface area contributed by atoms with E-state index in [4.69, 9.17) is 0 Å². The van der Waals surface area contributed by atoms with Crippen LogP contribution in [0, 0.1) is 6.07 Å². The zero-order valence-corrected chi connectivity index (χ0v) is 9.37. The first-order valence-electron chi connectivity index (χ1n) is 5.09. The molecule has 0 amide bonds. The second-order valence-electron chi connectivity index (χ2n) is 3.55. The largest absolute Gasteiger partial charge is 0.143 e. The van der Waals surface area contributed by atoms with Crippen molar-refractivity contribution in [2.24, 2.45) is 0 Å². The molecule has 1 heteroatoms. The Bertz CT molecular complexity index is 420. The molecule has 0 unspecified atom stereocenters. The van der Waals surface area contributed by atoms with Crippen molar-refractivity contribution in [3.05, 3.63) is 65.7 Å². The van der Waals surface area contributed by atoms with Gasteiger partial charge in [0, 0.05) is 4.90 Å². The number of aryl methyl sites for hydroxylation is 2. The molecule has 15 heavy (non-hydrogen) atoms. The van der Waals surface area contributed by atoms with Gasteiger partial charge in [0.25, 0.3) is 0 Å². The maximum atomic E-state index is 4.28. The molecule has 0 aliphatic rings. The summed E-state index contributed by atoms with van der Waals surface area (Å²) in [6, 6.07) is 19.8. The molecule has 0 atom stereocenters. The third kappa shape index (κ3) is 3.14. The molecule has 2 aromatic carbocycles. The second-order valence-corrected chi connectivity index (χ2v) is 4.03. The molecule has 0 bridgehead atoms. The molecule has 0 aromatic heterocycles. The van der Waals surface area contributed by atoms with Gasteiger partial charge < -0.3 is 0 Å². The van der Waals surface area contributed by atoms with Crippen LogP contribution in [0.25, 0.3) is 0 Å². The molecule has 0 nitrogen and oxygen atoms in total. The fourth-order valence-electron chi connectivity index (χ4n) is 1.57. The van der Waals surface area contributed by atoms with Gasteiger partial charge >= 0.3 is 0 Å². The maximum absolute atomic E-state index is 4.28. The molecular formula is C14H13S. The summed E-state index contributed by atoms with van der Waals surface area (Å²) in [6.45, 7) is 0. The van der Waals surface area contributed by atoms with Crippen molar-refractivity contribution in [3.8, 4) is 0 Å². The van der Waals surface area contributed by atoms with Crippen LogP contribution in [0.2, 0.25) is 0 Å². The van der Waals surface area contributed by atoms with E-state index in [1.807, 2.05) is 18.2 Å². The lowest BCUT2D eigenvalue weighted by molar-refractivity contribution is 0.953. The van der Waals surface area contributed by atoms with Crippen LogP contribution in [-0.4, -0.2) is 0 Å². The third-order valence-corrected chi connectivity index (χ3v) is 2.63. The zero-order chi connectivity index (χ0) is 10.5.